The van der Waals surface area contributed by atoms with Crippen molar-refractivity contribution in [2.45, 2.75) is 52.5 Å². The number of hydrogen-bond donors (Lipinski definition) is 3. The summed E-state index contributed by atoms with van der Waals surface area (Å²) >= 11 is 0. The number of aromatic nitrogens is 2. The molecule has 6 nitrogen and oxygen atoms in total. The van der Waals surface area contributed by atoms with Crippen molar-refractivity contribution in [1.29, 1.82) is 0 Å². The number of aromatic amines is 1. The van der Waals surface area contributed by atoms with E-state index in [9.17, 15) is 9.90 Å². The maximum absolute atomic E-state index is 11.7. The van der Waals surface area contributed by atoms with E-state index in [1.54, 1.807) is 13.2 Å². The van der Waals surface area contributed by atoms with Crippen molar-refractivity contribution in [3.05, 3.63) is 30.1 Å². The summed E-state index contributed by atoms with van der Waals surface area (Å²) in [6.45, 7) is 10.4. The highest BCUT2D eigenvalue weighted by Gasteiger charge is 2.42. The average Bonchev–Trinajstić information content (AvgIpc) is 3.27. The van der Waals surface area contributed by atoms with E-state index < -0.39 is 12.1 Å². The van der Waals surface area contributed by atoms with Crippen LogP contribution in [0.3, 0.4) is 0 Å². The van der Waals surface area contributed by atoms with Gasteiger partial charge in [-0.1, -0.05) is 59.1 Å². The molecule has 2 aromatic rings. The predicted octanol–water partition coefficient (Wildman–Crippen LogP) is 5.38. The Labute approximate surface area is 166 Å². The Morgan fingerprint density at radius 3 is 2.61 bits per heavy atom. The second-order valence-corrected chi connectivity index (χ2v) is 8.80. The molecule has 1 aliphatic rings. The largest absolute Gasteiger partial charge is 0.496 e. The molecule has 1 saturated carbocycles. The molecule has 1 fully saturated rings. The van der Waals surface area contributed by atoms with Crippen LogP contribution in [0.1, 0.15) is 63.9 Å². The highest BCUT2D eigenvalue weighted by atomic mass is 16.5. The Bertz CT molecular complexity index is 860. The minimum atomic E-state index is -1.03. The Morgan fingerprint density at radius 2 is 2.07 bits per heavy atom. The van der Waals surface area contributed by atoms with E-state index in [1.165, 1.54) is 12.8 Å². The fraction of sp³-hybridized carbons (Fsp3) is 0.545. The Balaban J connectivity index is 2.09. The molecule has 1 heterocycles. The van der Waals surface area contributed by atoms with E-state index >= 15 is 0 Å². The standard InChI is InChI=1S/C22H31N3O3/c1-6-13-11-15-16(12-17(13)28-5)24-20(23-15)19(25-21(26)27)18(22(2,3)4)14-9-7-8-10-14/h6,11-12,14,18-19,25H,1,7-10H2,2-5H3,(H,23,24)(H,26,27). The van der Waals surface area contributed by atoms with Crippen molar-refractivity contribution in [2.24, 2.45) is 17.3 Å². The molecule has 1 amide bonds. The molecule has 3 rings (SSSR count). The molecule has 0 spiro atoms. The lowest BCUT2D eigenvalue weighted by molar-refractivity contribution is 0.102. The van der Waals surface area contributed by atoms with E-state index in [2.05, 4.69) is 37.7 Å². The molecule has 0 saturated heterocycles. The lowest BCUT2D eigenvalue weighted by Gasteiger charge is -2.40. The summed E-state index contributed by atoms with van der Waals surface area (Å²) in [5.74, 6) is 1.98. The van der Waals surface area contributed by atoms with Gasteiger partial charge in [0.05, 0.1) is 24.2 Å². The van der Waals surface area contributed by atoms with Crippen LogP contribution in [0.5, 0.6) is 5.75 Å². The normalized spacial score (nSPS) is 17.4. The van der Waals surface area contributed by atoms with Gasteiger partial charge in [0.1, 0.15) is 11.6 Å². The van der Waals surface area contributed by atoms with Crippen LogP contribution in [0, 0.1) is 17.3 Å². The number of benzene rings is 1. The lowest BCUT2D eigenvalue weighted by Crippen LogP contribution is -2.42. The SMILES string of the molecule is C=Cc1cc2[nH]c(C(NC(=O)O)C(C3CCCC3)C(C)(C)C)nc2cc1OC. The summed E-state index contributed by atoms with van der Waals surface area (Å²) in [4.78, 5) is 19.8. The van der Waals surface area contributed by atoms with Crippen molar-refractivity contribution >= 4 is 23.2 Å². The first-order valence-electron chi connectivity index (χ1n) is 9.94. The molecule has 0 bridgehead atoms. The summed E-state index contributed by atoms with van der Waals surface area (Å²) in [5.41, 5.74) is 2.41. The molecule has 2 unspecified atom stereocenters. The van der Waals surface area contributed by atoms with Crippen LogP contribution in [-0.2, 0) is 0 Å². The van der Waals surface area contributed by atoms with Crippen LogP contribution in [0.4, 0.5) is 4.79 Å². The van der Waals surface area contributed by atoms with Crippen molar-refractivity contribution in [2.75, 3.05) is 7.11 Å². The van der Waals surface area contributed by atoms with Gasteiger partial charge in [-0.05, 0) is 23.3 Å². The Kier molecular flexibility index (Phi) is 5.68. The number of nitrogens with zero attached hydrogens (tertiary/aromatic N) is 1. The van der Waals surface area contributed by atoms with Crippen LogP contribution >= 0.6 is 0 Å². The number of hydrogen-bond acceptors (Lipinski definition) is 3. The summed E-state index contributed by atoms with van der Waals surface area (Å²) < 4.78 is 5.43. The van der Waals surface area contributed by atoms with Crippen molar-refractivity contribution in [3.63, 3.8) is 0 Å². The second-order valence-electron chi connectivity index (χ2n) is 8.80. The third kappa shape index (κ3) is 4.01. The van der Waals surface area contributed by atoms with Gasteiger partial charge in [-0.25, -0.2) is 9.78 Å². The van der Waals surface area contributed by atoms with E-state index in [0.717, 1.165) is 29.4 Å². The van der Waals surface area contributed by atoms with E-state index in [4.69, 9.17) is 9.72 Å². The lowest BCUT2D eigenvalue weighted by atomic mass is 9.68. The molecule has 152 valence electrons. The monoisotopic (exact) mass is 385 g/mol. The number of imidazole rings is 1. The Hall–Kier alpha value is -2.50. The fourth-order valence-corrected chi connectivity index (χ4v) is 4.81. The van der Waals surface area contributed by atoms with Gasteiger partial charge in [0.2, 0.25) is 0 Å². The smallest absolute Gasteiger partial charge is 0.405 e. The van der Waals surface area contributed by atoms with Crippen LogP contribution in [0.2, 0.25) is 0 Å². The highest BCUT2D eigenvalue weighted by molar-refractivity contribution is 5.81. The quantitative estimate of drug-likeness (QED) is 0.623. The van der Waals surface area contributed by atoms with E-state index in [-0.39, 0.29) is 11.3 Å². The summed E-state index contributed by atoms with van der Waals surface area (Å²) in [5, 5.41) is 12.3. The van der Waals surface area contributed by atoms with Crippen LogP contribution in [0.25, 0.3) is 17.1 Å². The minimum absolute atomic E-state index is 0.0644. The number of carboxylic acid groups (broad SMARTS) is 1. The number of methoxy groups -OCH3 is 1. The predicted molar refractivity (Wildman–Crippen MR) is 112 cm³/mol. The van der Waals surface area contributed by atoms with Crippen molar-refractivity contribution in [3.8, 4) is 5.75 Å². The van der Waals surface area contributed by atoms with Gasteiger partial charge >= 0.3 is 6.09 Å². The number of H-pyrrole nitrogens is 1. The number of ether oxygens (including phenoxy) is 1. The maximum atomic E-state index is 11.7. The maximum Gasteiger partial charge on any atom is 0.405 e. The van der Waals surface area contributed by atoms with Gasteiger partial charge in [0, 0.05) is 11.6 Å². The fourth-order valence-electron chi connectivity index (χ4n) is 4.81. The average molecular weight is 386 g/mol. The van der Waals surface area contributed by atoms with Crippen LogP contribution < -0.4 is 10.1 Å². The number of nitrogens with one attached hydrogen (secondary N) is 2. The first kappa shape index (κ1) is 20.2. The second kappa shape index (κ2) is 7.86. The van der Waals surface area contributed by atoms with Crippen molar-refractivity contribution in [1.82, 2.24) is 15.3 Å². The van der Waals surface area contributed by atoms with E-state index in [1.807, 2.05) is 12.1 Å². The van der Waals surface area contributed by atoms with E-state index in [0.29, 0.717) is 17.5 Å². The third-order valence-electron chi connectivity index (χ3n) is 5.91. The third-order valence-corrected chi connectivity index (χ3v) is 5.91. The van der Waals surface area contributed by atoms with Gasteiger partial charge in [-0.15, -0.1) is 0 Å². The zero-order chi connectivity index (χ0) is 20.5. The number of rotatable bonds is 6. The summed E-state index contributed by atoms with van der Waals surface area (Å²) in [6, 6.07) is 3.41. The molecule has 1 aromatic carbocycles. The molecular weight excluding hydrogens is 354 g/mol. The molecular formula is C22H31N3O3. The van der Waals surface area contributed by atoms with Crippen LogP contribution in [0.15, 0.2) is 18.7 Å². The molecule has 2 atom stereocenters. The first-order chi connectivity index (χ1) is 13.2. The molecule has 1 aromatic heterocycles. The first-order valence-corrected chi connectivity index (χ1v) is 9.94. The molecule has 0 aliphatic heterocycles. The van der Waals surface area contributed by atoms with Gasteiger partial charge in [0.15, 0.2) is 0 Å². The highest BCUT2D eigenvalue weighted by Crippen LogP contribution is 2.47. The zero-order valence-electron chi connectivity index (χ0n) is 17.2. The molecule has 0 radical (unpaired) electrons. The minimum Gasteiger partial charge on any atom is -0.496 e. The Morgan fingerprint density at radius 1 is 1.39 bits per heavy atom. The summed E-state index contributed by atoms with van der Waals surface area (Å²) in [6.07, 6.45) is 5.39. The number of carbonyl (C=O) groups is 1. The summed E-state index contributed by atoms with van der Waals surface area (Å²) in [7, 11) is 1.62. The van der Waals surface area contributed by atoms with Gasteiger partial charge < -0.3 is 20.1 Å². The zero-order valence-corrected chi connectivity index (χ0v) is 17.2. The molecule has 6 heteroatoms. The molecule has 3 N–H and O–H groups in total. The van der Waals surface area contributed by atoms with Gasteiger partial charge in [-0.3, -0.25) is 0 Å². The molecule has 28 heavy (non-hydrogen) atoms. The van der Waals surface area contributed by atoms with Crippen LogP contribution in [-0.4, -0.2) is 28.3 Å². The molecule has 1 aliphatic carbocycles. The van der Waals surface area contributed by atoms with Gasteiger partial charge in [-0.2, -0.15) is 0 Å². The number of amides is 1. The number of fused-ring (bicyclic) bond motifs is 1. The van der Waals surface area contributed by atoms with Gasteiger partial charge in [0.25, 0.3) is 0 Å². The van der Waals surface area contributed by atoms with Crippen molar-refractivity contribution < 1.29 is 14.6 Å². The topological polar surface area (TPSA) is 87.2 Å².